The number of guanidine groups is 1. The summed E-state index contributed by atoms with van der Waals surface area (Å²) < 4.78 is 0. The van der Waals surface area contributed by atoms with Gasteiger partial charge in [0.1, 0.15) is 0 Å². The molecule has 2 unspecified atom stereocenters. The van der Waals surface area contributed by atoms with Crippen LogP contribution < -0.4 is 0 Å². The predicted octanol–water partition coefficient (Wildman–Crippen LogP) is 3.07. The summed E-state index contributed by atoms with van der Waals surface area (Å²) >= 11 is 0. The molecule has 2 atom stereocenters. The van der Waals surface area contributed by atoms with Crippen LogP contribution in [-0.2, 0) is 0 Å². The third-order valence-electron chi connectivity index (χ3n) is 5.42. The molecule has 4 heteroatoms. The van der Waals surface area contributed by atoms with Crippen molar-refractivity contribution in [2.45, 2.75) is 63.3 Å². The van der Waals surface area contributed by atoms with E-state index in [1.165, 1.54) is 89.9 Å². The number of fused-ring (bicyclic) bond motifs is 1. The lowest BCUT2D eigenvalue weighted by atomic mass is 9.94. The molecule has 0 bridgehead atoms. The normalized spacial score (nSPS) is 30.6. The smallest absolute Gasteiger partial charge is 0.196 e. The molecule has 0 aromatic rings. The zero-order valence-electron chi connectivity index (χ0n) is 13.4. The topological polar surface area (TPSA) is 18.8 Å². The van der Waals surface area contributed by atoms with Crippen molar-refractivity contribution in [3.05, 3.63) is 0 Å². The fourth-order valence-electron chi connectivity index (χ4n) is 4.19. The van der Waals surface area contributed by atoms with Crippen molar-refractivity contribution in [2.24, 2.45) is 10.9 Å². The SMILES string of the molecule is [Si]C1CCCCCC1CCCN1CCCN2CCCN=C21. The van der Waals surface area contributed by atoms with E-state index in [4.69, 9.17) is 4.99 Å². The van der Waals surface area contributed by atoms with Crippen molar-refractivity contribution in [1.29, 1.82) is 0 Å². The fraction of sp³-hybridized carbons (Fsp3) is 0.941. The summed E-state index contributed by atoms with van der Waals surface area (Å²) in [6, 6.07) is 0. The van der Waals surface area contributed by atoms with Gasteiger partial charge >= 0.3 is 0 Å². The van der Waals surface area contributed by atoms with Crippen LogP contribution >= 0.6 is 0 Å². The van der Waals surface area contributed by atoms with E-state index < -0.39 is 0 Å². The van der Waals surface area contributed by atoms with Crippen LogP contribution in [0.1, 0.15) is 57.8 Å². The third kappa shape index (κ3) is 4.02. The minimum atomic E-state index is 0.761. The average Bonchev–Trinajstić information content (AvgIpc) is 2.72. The molecule has 0 spiro atoms. The predicted molar refractivity (Wildman–Crippen MR) is 90.0 cm³/mol. The number of rotatable bonds is 4. The van der Waals surface area contributed by atoms with Crippen molar-refractivity contribution in [3.63, 3.8) is 0 Å². The molecule has 0 aromatic carbocycles. The van der Waals surface area contributed by atoms with Crippen molar-refractivity contribution in [3.8, 4) is 0 Å². The van der Waals surface area contributed by atoms with E-state index in [1.54, 1.807) is 0 Å². The Morgan fingerprint density at radius 3 is 2.81 bits per heavy atom. The molecule has 0 amide bonds. The Kier molecular flexibility index (Phi) is 5.61. The van der Waals surface area contributed by atoms with Crippen LogP contribution in [0.5, 0.6) is 0 Å². The van der Waals surface area contributed by atoms with Gasteiger partial charge in [-0.1, -0.05) is 32.1 Å². The lowest BCUT2D eigenvalue weighted by Crippen LogP contribution is -2.52. The van der Waals surface area contributed by atoms with Gasteiger partial charge in [0.05, 0.1) is 0 Å². The molecular formula is C17H30N3Si. The van der Waals surface area contributed by atoms with E-state index in [0.717, 1.165) is 18.0 Å². The van der Waals surface area contributed by atoms with E-state index in [9.17, 15) is 0 Å². The lowest BCUT2D eigenvalue weighted by Gasteiger charge is -2.41. The zero-order valence-corrected chi connectivity index (χ0v) is 14.4. The summed E-state index contributed by atoms with van der Waals surface area (Å²) in [6.07, 6.45) is 12.4. The molecule has 3 rings (SSSR count). The highest BCUT2D eigenvalue weighted by Crippen LogP contribution is 2.34. The van der Waals surface area contributed by atoms with Crippen LogP contribution in [0.3, 0.4) is 0 Å². The molecule has 2 heterocycles. The van der Waals surface area contributed by atoms with Gasteiger partial charge in [0.2, 0.25) is 0 Å². The minimum absolute atomic E-state index is 0.761. The second-order valence-corrected chi connectivity index (χ2v) is 7.75. The molecule has 2 aliphatic heterocycles. The number of hydrogen-bond donors (Lipinski definition) is 0. The summed E-state index contributed by atoms with van der Waals surface area (Å²) in [5.41, 5.74) is 0.761. The molecule has 21 heavy (non-hydrogen) atoms. The maximum absolute atomic E-state index is 4.79. The standard InChI is InChI=1S/C17H30N3Si/c21-16-9-3-1-2-7-15(16)8-4-11-19-13-6-14-20-12-5-10-18-17(19)20/h15-16H,1-14H2. The summed E-state index contributed by atoms with van der Waals surface area (Å²) in [5, 5.41) is 0. The molecule has 3 aliphatic rings. The van der Waals surface area contributed by atoms with E-state index >= 15 is 0 Å². The Morgan fingerprint density at radius 2 is 1.86 bits per heavy atom. The molecule has 1 aliphatic carbocycles. The van der Waals surface area contributed by atoms with Crippen molar-refractivity contribution < 1.29 is 0 Å². The molecule has 3 radical (unpaired) electrons. The van der Waals surface area contributed by atoms with Crippen LogP contribution in [0.25, 0.3) is 0 Å². The Bertz CT molecular complexity index is 358. The quantitative estimate of drug-likeness (QED) is 0.587. The van der Waals surface area contributed by atoms with Gasteiger partial charge in [-0.05, 0) is 37.1 Å². The third-order valence-corrected chi connectivity index (χ3v) is 6.18. The fourth-order valence-corrected chi connectivity index (χ4v) is 4.73. The summed E-state index contributed by atoms with van der Waals surface area (Å²) in [7, 11) is 3.99. The maximum Gasteiger partial charge on any atom is 0.196 e. The minimum Gasteiger partial charge on any atom is -0.343 e. The highest BCUT2D eigenvalue weighted by Gasteiger charge is 2.26. The summed E-state index contributed by atoms with van der Waals surface area (Å²) in [5.74, 6) is 2.21. The van der Waals surface area contributed by atoms with Crippen LogP contribution in [0.2, 0.25) is 5.54 Å². The zero-order chi connectivity index (χ0) is 14.5. The van der Waals surface area contributed by atoms with Crippen LogP contribution in [0, 0.1) is 5.92 Å². The van der Waals surface area contributed by atoms with E-state index in [2.05, 4.69) is 20.0 Å². The Balaban J connectivity index is 1.47. The highest BCUT2D eigenvalue weighted by molar-refractivity contribution is 6.11. The molecule has 1 saturated heterocycles. The number of nitrogens with zero attached hydrogens (tertiary/aromatic N) is 3. The number of hydrogen-bond acceptors (Lipinski definition) is 3. The van der Waals surface area contributed by atoms with Gasteiger partial charge in [-0.3, -0.25) is 4.99 Å². The van der Waals surface area contributed by atoms with Gasteiger partial charge in [0.25, 0.3) is 0 Å². The van der Waals surface area contributed by atoms with Gasteiger partial charge in [-0.15, -0.1) is 0 Å². The van der Waals surface area contributed by atoms with Crippen LogP contribution in [0.15, 0.2) is 4.99 Å². The Hall–Kier alpha value is -0.513. The monoisotopic (exact) mass is 304 g/mol. The van der Waals surface area contributed by atoms with Gasteiger partial charge < -0.3 is 9.80 Å². The molecular weight excluding hydrogens is 274 g/mol. The molecule has 1 saturated carbocycles. The van der Waals surface area contributed by atoms with E-state index in [1.807, 2.05) is 0 Å². The molecule has 0 N–H and O–H groups in total. The van der Waals surface area contributed by atoms with Gasteiger partial charge in [0, 0.05) is 43.0 Å². The van der Waals surface area contributed by atoms with E-state index in [0.29, 0.717) is 0 Å². The first-order valence-electron chi connectivity index (χ1n) is 9.10. The van der Waals surface area contributed by atoms with Crippen molar-refractivity contribution in [1.82, 2.24) is 9.80 Å². The van der Waals surface area contributed by atoms with Crippen LogP contribution in [-0.4, -0.2) is 58.7 Å². The van der Waals surface area contributed by atoms with Gasteiger partial charge in [-0.25, -0.2) is 0 Å². The first-order valence-corrected chi connectivity index (χ1v) is 9.68. The average molecular weight is 305 g/mol. The first kappa shape index (κ1) is 15.4. The second kappa shape index (κ2) is 7.66. The summed E-state index contributed by atoms with van der Waals surface area (Å²) in [4.78, 5) is 9.85. The van der Waals surface area contributed by atoms with Gasteiger partial charge in [0.15, 0.2) is 5.96 Å². The molecule has 2 fully saturated rings. The van der Waals surface area contributed by atoms with Crippen molar-refractivity contribution in [2.75, 3.05) is 32.7 Å². The van der Waals surface area contributed by atoms with Crippen molar-refractivity contribution >= 4 is 16.2 Å². The molecule has 117 valence electrons. The first-order chi connectivity index (χ1) is 10.3. The van der Waals surface area contributed by atoms with Crippen LogP contribution in [0.4, 0.5) is 0 Å². The molecule has 3 nitrogen and oxygen atoms in total. The van der Waals surface area contributed by atoms with E-state index in [-0.39, 0.29) is 0 Å². The van der Waals surface area contributed by atoms with Gasteiger partial charge in [-0.2, -0.15) is 0 Å². The maximum atomic E-state index is 4.79. The second-order valence-electron chi connectivity index (χ2n) is 7.01. The lowest BCUT2D eigenvalue weighted by molar-refractivity contribution is 0.237. The molecule has 0 aromatic heterocycles. The summed E-state index contributed by atoms with van der Waals surface area (Å²) in [6.45, 7) is 5.92. The Labute approximate surface area is 133 Å². The highest BCUT2D eigenvalue weighted by atomic mass is 28.1. The largest absolute Gasteiger partial charge is 0.343 e. The Morgan fingerprint density at radius 1 is 1.00 bits per heavy atom. The number of aliphatic imine (C=N–C) groups is 1.